The summed E-state index contributed by atoms with van der Waals surface area (Å²) in [4.78, 5) is 10.7. The van der Waals surface area contributed by atoms with Gasteiger partial charge in [0.15, 0.2) is 0 Å². The molecule has 70 valence electrons. The van der Waals surface area contributed by atoms with Crippen LogP contribution >= 0.6 is 0 Å². The molecular weight excluding hydrogens is 168 g/mol. The van der Waals surface area contributed by atoms with E-state index in [4.69, 9.17) is 9.47 Å². The maximum absolute atomic E-state index is 10.7. The lowest BCUT2D eigenvalue weighted by Gasteiger charge is -2.37. The second-order valence-electron chi connectivity index (χ2n) is 4.38. The highest BCUT2D eigenvalue weighted by atomic mass is 16.7. The Kier molecular flexibility index (Phi) is 1.30. The first-order chi connectivity index (χ1) is 6.28. The maximum Gasteiger partial charge on any atom is 0.508 e. The van der Waals surface area contributed by atoms with Gasteiger partial charge in [-0.25, -0.2) is 4.79 Å². The summed E-state index contributed by atoms with van der Waals surface area (Å²) in [6, 6.07) is 0. The van der Waals surface area contributed by atoms with Crippen LogP contribution in [0.5, 0.6) is 0 Å². The first-order valence-electron chi connectivity index (χ1n) is 4.76. The Hall–Kier alpha value is -0.990. The van der Waals surface area contributed by atoms with Crippen LogP contribution in [0.15, 0.2) is 12.2 Å². The number of ether oxygens (including phenoxy) is 2. The van der Waals surface area contributed by atoms with E-state index >= 15 is 0 Å². The molecule has 1 spiro atoms. The zero-order chi connectivity index (χ0) is 8.89. The van der Waals surface area contributed by atoms with Crippen molar-refractivity contribution in [1.29, 1.82) is 0 Å². The molecule has 3 nitrogen and oxygen atoms in total. The number of hydrogen-bond donors (Lipinski definition) is 0. The number of rotatable bonds is 0. The molecule has 3 heteroatoms. The van der Waals surface area contributed by atoms with Crippen molar-refractivity contribution < 1.29 is 14.3 Å². The molecule has 13 heavy (non-hydrogen) atoms. The van der Waals surface area contributed by atoms with Crippen molar-refractivity contribution in [2.75, 3.05) is 13.2 Å². The quantitative estimate of drug-likeness (QED) is 0.420. The molecule has 0 radical (unpaired) electrons. The lowest BCUT2D eigenvalue weighted by atomic mass is 9.77. The fourth-order valence-corrected chi connectivity index (χ4v) is 2.87. The molecule has 3 aliphatic rings. The fraction of sp³-hybridized carbons (Fsp3) is 0.700. The van der Waals surface area contributed by atoms with Crippen LogP contribution in [-0.4, -0.2) is 19.4 Å². The standard InChI is InChI=1S/C10H12O3/c11-9-12-5-10(6-13-9)4-7-1-2-8(10)3-7/h1-2,7-8H,3-6H2. The van der Waals surface area contributed by atoms with E-state index in [-0.39, 0.29) is 5.41 Å². The van der Waals surface area contributed by atoms with Crippen molar-refractivity contribution in [3.8, 4) is 0 Å². The summed E-state index contributed by atoms with van der Waals surface area (Å²) in [7, 11) is 0. The number of fused-ring (bicyclic) bond motifs is 3. The molecule has 0 aromatic carbocycles. The summed E-state index contributed by atoms with van der Waals surface area (Å²) >= 11 is 0. The molecule has 2 bridgehead atoms. The minimum absolute atomic E-state index is 0.118. The van der Waals surface area contributed by atoms with Crippen LogP contribution in [0.4, 0.5) is 4.79 Å². The molecule has 1 heterocycles. The van der Waals surface area contributed by atoms with Gasteiger partial charge < -0.3 is 9.47 Å². The summed E-state index contributed by atoms with van der Waals surface area (Å²) < 4.78 is 9.95. The Bertz CT molecular complexity index is 272. The van der Waals surface area contributed by atoms with Gasteiger partial charge in [0.2, 0.25) is 0 Å². The molecule has 2 unspecified atom stereocenters. The van der Waals surface area contributed by atoms with Gasteiger partial charge in [-0.15, -0.1) is 0 Å². The van der Waals surface area contributed by atoms with Gasteiger partial charge in [0, 0.05) is 5.41 Å². The van der Waals surface area contributed by atoms with E-state index < -0.39 is 6.16 Å². The smallest absolute Gasteiger partial charge is 0.434 e. The summed E-state index contributed by atoms with van der Waals surface area (Å²) in [5, 5.41) is 0. The monoisotopic (exact) mass is 180 g/mol. The number of carbonyl (C=O) groups excluding carboxylic acids is 1. The average molecular weight is 180 g/mol. The Balaban J connectivity index is 1.83. The van der Waals surface area contributed by atoms with E-state index in [2.05, 4.69) is 12.2 Å². The summed E-state index contributed by atoms with van der Waals surface area (Å²) in [5.41, 5.74) is 0.118. The predicted molar refractivity (Wildman–Crippen MR) is 45.1 cm³/mol. The molecular formula is C10H12O3. The molecule has 2 atom stereocenters. The van der Waals surface area contributed by atoms with Crippen LogP contribution in [-0.2, 0) is 9.47 Å². The molecule has 0 aromatic heterocycles. The second-order valence-corrected chi connectivity index (χ2v) is 4.38. The van der Waals surface area contributed by atoms with Crippen LogP contribution in [0.1, 0.15) is 12.8 Å². The topological polar surface area (TPSA) is 35.5 Å². The van der Waals surface area contributed by atoms with Gasteiger partial charge >= 0.3 is 6.16 Å². The molecule has 0 N–H and O–H groups in total. The van der Waals surface area contributed by atoms with Gasteiger partial charge in [0.05, 0.1) is 0 Å². The normalized spacial score (nSPS) is 39.2. The van der Waals surface area contributed by atoms with Crippen molar-refractivity contribution in [3.63, 3.8) is 0 Å². The van der Waals surface area contributed by atoms with Gasteiger partial charge in [0.25, 0.3) is 0 Å². The van der Waals surface area contributed by atoms with Gasteiger partial charge in [-0.05, 0) is 24.7 Å². The van der Waals surface area contributed by atoms with Gasteiger partial charge in [-0.3, -0.25) is 0 Å². The fourth-order valence-electron chi connectivity index (χ4n) is 2.87. The first kappa shape index (κ1) is 7.42. The Morgan fingerprint density at radius 2 is 2.08 bits per heavy atom. The highest BCUT2D eigenvalue weighted by molar-refractivity contribution is 5.60. The predicted octanol–water partition coefficient (Wildman–Crippen LogP) is 1.74. The van der Waals surface area contributed by atoms with E-state index in [1.807, 2.05) is 0 Å². The van der Waals surface area contributed by atoms with E-state index in [9.17, 15) is 4.79 Å². The maximum atomic E-state index is 10.7. The minimum Gasteiger partial charge on any atom is -0.434 e. The largest absolute Gasteiger partial charge is 0.508 e. The van der Waals surface area contributed by atoms with Crippen molar-refractivity contribution in [3.05, 3.63) is 12.2 Å². The lowest BCUT2D eigenvalue weighted by Crippen LogP contribution is -2.42. The summed E-state index contributed by atoms with van der Waals surface area (Å²) in [5.74, 6) is 1.27. The number of cyclic esters (lactones) is 2. The Labute approximate surface area is 76.7 Å². The minimum atomic E-state index is -0.502. The van der Waals surface area contributed by atoms with Crippen LogP contribution < -0.4 is 0 Å². The third kappa shape index (κ3) is 0.929. The van der Waals surface area contributed by atoms with Gasteiger partial charge in [-0.1, -0.05) is 12.2 Å². The van der Waals surface area contributed by atoms with Crippen LogP contribution in [0.25, 0.3) is 0 Å². The number of allylic oxidation sites excluding steroid dienone is 2. The third-order valence-electron chi connectivity index (χ3n) is 3.58. The van der Waals surface area contributed by atoms with E-state index in [0.29, 0.717) is 25.0 Å². The SMILES string of the molecule is O=C1OCC2(CO1)CC1C=CC2C1. The van der Waals surface area contributed by atoms with E-state index in [1.165, 1.54) is 6.42 Å². The van der Waals surface area contributed by atoms with Gasteiger partial charge in [0.1, 0.15) is 13.2 Å². The van der Waals surface area contributed by atoms with Crippen molar-refractivity contribution in [2.45, 2.75) is 12.8 Å². The molecule has 1 saturated carbocycles. The molecule has 1 aliphatic heterocycles. The zero-order valence-corrected chi connectivity index (χ0v) is 7.36. The van der Waals surface area contributed by atoms with Crippen LogP contribution in [0.3, 0.4) is 0 Å². The van der Waals surface area contributed by atoms with Crippen LogP contribution in [0, 0.1) is 17.3 Å². The molecule has 0 amide bonds. The number of carbonyl (C=O) groups is 1. The zero-order valence-electron chi connectivity index (χ0n) is 7.36. The van der Waals surface area contributed by atoms with Crippen molar-refractivity contribution >= 4 is 6.16 Å². The van der Waals surface area contributed by atoms with Crippen molar-refractivity contribution in [2.24, 2.45) is 17.3 Å². The van der Waals surface area contributed by atoms with E-state index in [0.717, 1.165) is 6.42 Å². The third-order valence-corrected chi connectivity index (χ3v) is 3.58. The molecule has 2 aliphatic carbocycles. The highest BCUT2D eigenvalue weighted by Gasteiger charge is 2.51. The average Bonchev–Trinajstić information content (AvgIpc) is 2.70. The molecule has 0 aromatic rings. The number of hydrogen-bond acceptors (Lipinski definition) is 3. The molecule has 3 rings (SSSR count). The van der Waals surface area contributed by atoms with Gasteiger partial charge in [-0.2, -0.15) is 0 Å². The van der Waals surface area contributed by atoms with Crippen molar-refractivity contribution in [1.82, 2.24) is 0 Å². The summed E-state index contributed by atoms with van der Waals surface area (Å²) in [6.45, 7) is 1.11. The lowest BCUT2D eigenvalue weighted by molar-refractivity contribution is -0.0705. The molecule has 2 fully saturated rings. The molecule has 1 saturated heterocycles. The second kappa shape index (κ2) is 2.28. The Morgan fingerprint density at radius 3 is 2.62 bits per heavy atom. The first-order valence-corrected chi connectivity index (χ1v) is 4.76. The highest BCUT2D eigenvalue weighted by Crippen LogP contribution is 2.53. The Morgan fingerprint density at radius 1 is 1.31 bits per heavy atom. The van der Waals surface area contributed by atoms with E-state index in [1.54, 1.807) is 0 Å². The van der Waals surface area contributed by atoms with Crippen LogP contribution in [0.2, 0.25) is 0 Å². The summed E-state index contributed by atoms with van der Waals surface area (Å²) in [6.07, 6.45) is 6.39.